The lowest BCUT2D eigenvalue weighted by Crippen LogP contribution is -2.39. The normalized spacial score (nSPS) is 16.8. The molecule has 1 aliphatic rings. The number of methoxy groups -OCH3 is 1. The number of rotatable bonds is 6. The second kappa shape index (κ2) is 9.30. The third kappa shape index (κ3) is 5.21. The maximum Gasteiger partial charge on any atom is 0.261 e. The Hall–Kier alpha value is -2.54. The zero-order valence-electron chi connectivity index (χ0n) is 17.3. The predicted octanol–water partition coefficient (Wildman–Crippen LogP) is 5.42. The van der Waals surface area contributed by atoms with Gasteiger partial charge in [-0.25, -0.2) is 8.42 Å². The van der Waals surface area contributed by atoms with E-state index >= 15 is 0 Å². The van der Waals surface area contributed by atoms with Gasteiger partial charge in [-0.3, -0.25) is 4.72 Å². The molecule has 0 amide bonds. The molecule has 0 aliphatic carbocycles. The van der Waals surface area contributed by atoms with Gasteiger partial charge >= 0.3 is 0 Å². The highest BCUT2D eigenvalue weighted by Crippen LogP contribution is 2.26. The Morgan fingerprint density at radius 1 is 1.00 bits per heavy atom. The number of halogens is 1. The molecule has 7 heteroatoms. The minimum absolute atomic E-state index is 0.210. The predicted molar refractivity (Wildman–Crippen MR) is 126 cm³/mol. The summed E-state index contributed by atoms with van der Waals surface area (Å²) in [5, 5.41) is 0.640. The number of anilines is 2. The first-order valence-corrected chi connectivity index (χ1v) is 12.1. The molecule has 0 spiro atoms. The third-order valence-corrected chi connectivity index (χ3v) is 7.15. The van der Waals surface area contributed by atoms with Gasteiger partial charge in [-0.1, -0.05) is 35.9 Å². The molecule has 1 heterocycles. The number of ether oxygens (including phenoxy) is 1. The van der Waals surface area contributed by atoms with Gasteiger partial charge in [-0.15, -0.1) is 0 Å². The van der Waals surface area contributed by atoms with E-state index in [-0.39, 0.29) is 11.0 Å². The first-order valence-electron chi connectivity index (χ1n) is 10.2. The first kappa shape index (κ1) is 21.7. The second-order valence-corrected chi connectivity index (χ2v) is 9.75. The molecule has 0 aromatic heterocycles. The van der Waals surface area contributed by atoms with Gasteiger partial charge in [0.1, 0.15) is 0 Å². The number of nitrogens with one attached hydrogen (secondary N) is 1. The van der Waals surface area contributed by atoms with E-state index in [0.29, 0.717) is 10.7 Å². The topological polar surface area (TPSA) is 58.6 Å². The maximum atomic E-state index is 12.8. The van der Waals surface area contributed by atoms with Crippen molar-refractivity contribution < 1.29 is 13.2 Å². The molecule has 162 valence electrons. The number of piperidine rings is 1. The average molecular weight is 457 g/mol. The first-order chi connectivity index (χ1) is 14.9. The zero-order valence-corrected chi connectivity index (χ0v) is 18.9. The van der Waals surface area contributed by atoms with E-state index < -0.39 is 10.0 Å². The van der Waals surface area contributed by atoms with Gasteiger partial charge in [0.05, 0.1) is 11.0 Å². The monoisotopic (exact) mass is 456 g/mol. The van der Waals surface area contributed by atoms with Crippen molar-refractivity contribution in [3.63, 3.8) is 0 Å². The van der Waals surface area contributed by atoms with E-state index in [4.69, 9.17) is 16.3 Å². The molecular weight excluding hydrogens is 432 g/mol. The standard InChI is InChI=1S/C24H25ClN2O3S/c1-30-23-6-3-15-27(17-23)22-11-9-21(10-12-22)26-31(28,29)24-13-7-18(8-14-24)19-4-2-5-20(25)16-19/h2,4-5,7-14,16,23,26H,3,6,15,17H2,1H3. The minimum atomic E-state index is -3.68. The van der Waals surface area contributed by atoms with E-state index in [0.717, 1.165) is 42.7 Å². The van der Waals surface area contributed by atoms with Crippen LogP contribution in [0.15, 0.2) is 77.7 Å². The van der Waals surface area contributed by atoms with Gasteiger partial charge in [-0.2, -0.15) is 0 Å². The summed E-state index contributed by atoms with van der Waals surface area (Å²) in [6.45, 7) is 1.82. The summed E-state index contributed by atoms with van der Waals surface area (Å²) < 4.78 is 33.8. The van der Waals surface area contributed by atoms with Gasteiger partial charge in [0.15, 0.2) is 0 Å². The summed E-state index contributed by atoms with van der Waals surface area (Å²) >= 11 is 6.05. The van der Waals surface area contributed by atoms with Crippen molar-refractivity contribution in [2.75, 3.05) is 29.8 Å². The minimum Gasteiger partial charge on any atom is -0.380 e. The highest BCUT2D eigenvalue weighted by Gasteiger charge is 2.20. The number of sulfonamides is 1. The van der Waals surface area contributed by atoms with Crippen molar-refractivity contribution in [3.8, 4) is 11.1 Å². The molecule has 3 aromatic carbocycles. The number of hydrogen-bond donors (Lipinski definition) is 1. The molecule has 3 aromatic rings. The second-order valence-electron chi connectivity index (χ2n) is 7.63. The molecule has 0 radical (unpaired) electrons. The van der Waals surface area contributed by atoms with Crippen LogP contribution in [-0.2, 0) is 14.8 Å². The lowest BCUT2D eigenvalue weighted by Gasteiger charge is -2.33. The van der Waals surface area contributed by atoms with E-state index in [1.165, 1.54) is 0 Å². The summed E-state index contributed by atoms with van der Waals surface area (Å²) in [5.41, 5.74) is 3.44. The molecule has 1 atom stereocenters. The molecule has 4 rings (SSSR count). The molecule has 1 unspecified atom stereocenters. The fourth-order valence-corrected chi connectivity index (χ4v) is 5.06. The van der Waals surface area contributed by atoms with Gasteiger partial charge in [0.2, 0.25) is 0 Å². The highest BCUT2D eigenvalue weighted by atomic mass is 35.5. The Balaban J connectivity index is 1.46. The Labute approximate surface area is 188 Å². The molecule has 1 saturated heterocycles. The summed E-state index contributed by atoms with van der Waals surface area (Å²) in [4.78, 5) is 2.48. The van der Waals surface area contributed by atoms with Crippen LogP contribution in [0.1, 0.15) is 12.8 Å². The van der Waals surface area contributed by atoms with E-state index in [1.54, 1.807) is 49.6 Å². The Morgan fingerprint density at radius 3 is 2.42 bits per heavy atom. The fraction of sp³-hybridized carbons (Fsp3) is 0.250. The van der Waals surface area contributed by atoms with Crippen LogP contribution in [0.4, 0.5) is 11.4 Å². The van der Waals surface area contributed by atoms with Crippen LogP contribution in [-0.4, -0.2) is 34.7 Å². The van der Waals surface area contributed by atoms with E-state index in [1.807, 2.05) is 30.3 Å². The van der Waals surface area contributed by atoms with Gasteiger partial charge in [0, 0.05) is 36.6 Å². The smallest absolute Gasteiger partial charge is 0.261 e. The molecule has 1 N–H and O–H groups in total. The Morgan fingerprint density at radius 2 is 1.74 bits per heavy atom. The van der Waals surface area contributed by atoms with Crippen LogP contribution in [0.3, 0.4) is 0 Å². The molecule has 5 nitrogen and oxygen atoms in total. The van der Waals surface area contributed by atoms with Gasteiger partial charge < -0.3 is 9.64 Å². The van der Waals surface area contributed by atoms with Crippen LogP contribution in [0.2, 0.25) is 5.02 Å². The van der Waals surface area contributed by atoms with Gasteiger partial charge in [0.25, 0.3) is 10.0 Å². The lowest BCUT2D eigenvalue weighted by molar-refractivity contribution is 0.0893. The van der Waals surface area contributed by atoms with Crippen LogP contribution in [0.25, 0.3) is 11.1 Å². The van der Waals surface area contributed by atoms with Crippen LogP contribution < -0.4 is 9.62 Å². The number of benzene rings is 3. The van der Waals surface area contributed by atoms with Crippen LogP contribution in [0.5, 0.6) is 0 Å². The lowest BCUT2D eigenvalue weighted by atomic mass is 10.1. The van der Waals surface area contributed by atoms with Crippen molar-refractivity contribution in [1.82, 2.24) is 0 Å². The molecule has 1 aliphatic heterocycles. The third-order valence-electron chi connectivity index (χ3n) is 5.52. The molecule has 0 bridgehead atoms. The summed E-state index contributed by atoms with van der Waals surface area (Å²) in [7, 11) is -1.94. The SMILES string of the molecule is COC1CCCN(c2ccc(NS(=O)(=O)c3ccc(-c4cccc(Cl)c4)cc3)cc2)C1. The van der Waals surface area contributed by atoms with E-state index in [9.17, 15) is 8.42 Å². The molecule has 0 saturated carbocycles. The van der Waals surface area contributed by atoms with Crippen molar-refractivity contribution in [3.05, 3.63) is 77.8 Å². The molecule has 31 heavy (non-hydrogen) atoms. The summed E-state index contributed by atoms with van der Waals surface area (Å²) in [5.74, 6) is 0. The zero-order chi connectivity index (χ0) is 21.8. The summed E-state index contributed by atoms with van der Waals surface area (Å²) in [6, 6.07) is 21.7. The Bertz CT molecular complexity index is 1130. The molecular formula is C24H25ClN2O3S. The summed E-state index contributed by atoms with van der Waals surface area (Å²) in [6.07, 6.45) is 2.39. The van der Waals surface area contributed by atoms with Crippen LogP contribution in [0, 0.1) is 0 Å². The van der Waals surface area contributed by atoms with Crippen molar-refractivity contribution >= 4 is 33.0 Å². The van der Waals surface area contributed by atoms with Crippen LogP contribution >= 0.6 is 11.6 Å². The van der Waals surface area contributed by atoms with Crippen molar-refractivity contribution in [2.24, 2.45) is 0 Å². The molecule has 1 fully saturated rings. The highest BCUT2D eigenvalue weighted by molar-refractivity contribution is 7.92. The fourth-order valence-electron chi connectivity index (χ4n) is 3.81. The number of nitrogens with zero attached hydrogens (tertiary/aromatic N) is 1. The van der Waals surface area contributed by atoms with Crippen molar-refractivity contribution in [2.45, 2.75) is 23.8 Å². The maximum absolute atomic E-state index is 12.8. The number of hydrogen-bond acceptors (Lipinski definition) is 4. The quantitative estimate of drug-likeness (QED) is 0.537. The Kier molecular flexibility index (Phi) is 6.51. The van der Waals surface area contributed by atoms with Gasteiger partial charge in [-0.05, 0) is 72.5 Å². The average Bonchev–Trinajstić information content (AvgIpc) is 2.79. The van der Waals surface area contributed by atoms with Crippen molar-refractivity contribution in [1.29, 1.82) is 0 Å². The largest absolute Gasteiger partial charge is 0.380 e. The van der Waals surface area contributed by atoms with E-state index in [2.05, 4.69) is 9.62 Å².